The van der Waals surface area contributed by atoms with Crippen molar-refractivity contribution in [1.29, 1.82) is 0 Å². The van der Waals surface area contributed by atoms with Crippen molar-refractivity contribution >= 4 is 17.4 Å². The predicted molar refractivity (Wildman–Crippen MR) is 108 cm³/mol. The van der Waals surface area contributed by atoms with Gasteiger partial charge in [-0.15, -0.1) is 0 Å². The molecule has 1 aliphatic carbocycles. The molecule has 2 aliphatic rings. The highest BCUT2D eigenvalue weighted by Gasteiger charge is 2.40. The molecule has 2 aromatic carbocycles. The van der Waals surface area contributed by atoms with Gasteiger partial charge < -0.3 is 0 Å². The van der Waals surface area contributed by atoms with Crippen LogP contribution in [0.3, 0.4) is 0 Å². The molecule has 0 N–H and O–H groups in total. The molecule has 156 valence electrons. The fourth-order valence-electron chi connectivity index (χ4n) is 4.36. The Hall–Kier alpha value is -2.89. The minimum Gasteiger partial charge on any atom is -0.294 e. The molecule has 2 aromatic rings. The number of allylic oxidation sites excluding steroid dienone is 2. The quantitative estimate of drug-likeness (QED) is 0.638. The summed E-state index contributed by atoms with van der Waals surface area (Å²) in [5.74, 6) is -0.491. The number of aryl methyl sites for hydroxylation is 1. The van der Waals surface area contributed by atoms with Crippen LogP contribution in [-0.4, -0.2) is 11.7 Å². The van der Waals surface area contributed by atoms with Crippen LogP contribution >= 0.6 is 0 Å². The van der Waals surface area contributed by atoms with Crippen LogP contribution in [0.25, 0.3) is 0 Å². The van der Waals surface area contributed by atoms with Gasteiger partial charge in [-0.05, 0) is 54.7 Å². The van der Waals surface area contributed by atoms with Crippen LogP contribution in [0.15, 0.2) is 59.8 Å². The van der Waals surface area contributed by atoms with Crippen molar-refractivity contribution in [2.75, 3.05) is 4.90 Å². The normalized spacial score (nSPS) is 19.9. The van der Waals surface area contributed by atoms with Crippen molar-refractivity contribution in [2.45, 2.75) is 51.1 Å². The minimum atomic E-state index is -4.44. The lowest BCUT2D eigenvalue weighted by Gasteiger charge is -2.38. The number of benzene rings is 2. The van der Waals surface area contributed by atoms with Crippen molar-refractivity contribution in [3.8, 4) is 0 Å². The molecule has 4 rings (SSSR count). The molecule has 1 aliphatic heterocycles. The topological polar surface area (TPSA) is 37.4 Å². The summed E-state index contributed by atoms with van der Waals surface area (Å²) in [5.41, 5.74) is 2.97. The van der Waals surface area contributed by atoms with Crippen LogP contribution in [-0.2, 0) is 22.2 Å². The zero-order valence-corrected chi connectivity index (χ0v) is 16.6. The first-order valence-corrected chi connectivity index (χ1v) is 10.1. The molecule has 1 amide bonds. The van der Waals surface area contributed by atoms with E-state index >= 15 is 0 Å². The Kier molecular flexibility index (Phi) is 5.26. The van der Waals surface area contributed by atoms with Crippen LogP contribution in [0.5, 0.6) is 0 Å². The van der Waals surface area contributed by atoms with Crippen molar-refractivity contribution in [1.82, 2.24) is 0 Å². The van der Waals surface area contributed by atoms with Gasteiger partial charge in [0.25, 0.3) is 0 Å². The minimum absolute atomic E-state index is 0.0187. The van der Waals surface area contributed by atoms with Gasteiger partial charge in [0.2, 0.25) is 5.91 Å². The maximum atomic E-state index is 13.1. The summed E-state index contributed by atoms with van der Waals surface area (Å²) in [6.07, 6.45) is -1.81. The maximum absolute atomic E-state index is 13.1. The molecule has 1 unspecified atom stereocenters. The summed E-state index contributed by atoms with van der Waals surface area (Å²) in [7, 11) is 0. The van der Waals surface area contributed by atoms with Crippen molar-refractivity contribution < 1.29 is 22.8 Å². The van der Waals surface area contributed by atoms with E-state index in [1.54, 1.807) is 0 Å². The molecule has 0 aromatic heterocycles. The molecule has 6 heteroatoms. The smallest absolute Gasteiger partial charge is 0.294 e. The third kappa shape index (κ3) is 3.66. The Morgan fingerprint density at radius 3 is 2.23 bits per heavy atom. The molecule has 1 heterocycles. The van der Waals surface area contributed by atoms with Crippen molar-refractivity contribution in [3.63, 3.8) is 0 Å². The lowest BCUT2D eigenvalue weighted by molar-refractivity contribution is -0.137. The molecule has 0 fully saturated rings. The Labute approximate surface area is 173 Å². The fourth-order valence-corrected chi connectivity index (χ4v) is 4.36. The van der Waals surface area contributed by atoms with Gasteiger partial charge in [0, 0.05) is 35.7 Å². The number of anilines is 1. The van der Waals surface area contributed by atoms with Crippen LogP contribution in [0.2, 0.25) is 0 Å². The molecule has 30 heavy (non-hydrogen) atoms. The lowest BCUT2D eigenvalue weighted by Crippen LogP contribution is -2.40. The largest absolute Gasteiger partial charge is 0.416 e. The zero-order chi connectivity index (χ0) is 21.5. The summed E-state index contributed by atoms with van der Waals surface area (Å²) in [5, 5.41) is 0. The van der Waals surface area contributed by atoms with Crippen LogP contribution in [0.4, 0.5) is 18.9 Å². The van der Waals surface area contributed by atoms with E-state index in [4.69, 9.17) is 0 Å². The van der Waals surface area contributed by atoms with E-state index in [9.17, 15) is 22.8 Å². The number of halogens is 3. The number of amides is 1. The van der Waals surface area contributed by atoms with Gasteiger partial charge in [0.05, 0.1) is 5.56 Å². The highest BCUT2D eigenvalue weighted by molar-refractivity contribution is 6.07. The summed E-state index contributed by atoms with van der Waals surface area (Å²) < 4.78 is 38.8. The van der Waals surface area contributed by atoms with Crippen LogP contribution in [0, 0.1) is 0 Å². The Morgan fingerprint density at radius 2 is 1.63 bits per heavy atom. The van der Waals surface area contributed by atoms with Crippen molar-refractivity contribution in [2.24, 2.45) is 0 Å². The molecule has 3 nitrogen and oxygen atoms in total. The molecular weight excluding hydrogens is 391 g/mol. The van der Waals surface area contributed by atoms with Gasteiger partial charge in [-0.25, -0.2) is 0 Å². The van der Waals surface area contributed by atoms with Gasteiger partial charge in [0.1, 0.15) is 0 Å². The Morgan fingerprint density at radius 1 is 0.967 bits per heavy atom. The number of rotatable bonds is 3. The van der Waals surface area contributed by atoms with Crippen LogP contribution < -0.4 is 4.90 Å². The average molecular weight is 413 g/mol. The summed E-state index contributed by atoms with van der Waals surface area (Å²) in [6.45, 7) is 2.06. The Balaban J connectivity index is 1.77. The third-order valence-electron chi connectivity index (χ3n) is 5.92. The Bertz CT molecular complexity index is 1000. The number of ketones is 1. The van der Waals surface area contributed by atoms with E-state index in [2.05, 4.69) is 6.92 Å². The number of Topliss-reactive ketones (excluding diaryl/α,β-unsaturated/α-hetero) is 1. The SMILES string of the molecule is CCc1ccc(C2CC(=O)N(c3ccc(C(F)(F)F)cc3)C3=C2C(=O)CCC3)cc1. The van der Waals surface area contributed by atoms with Gasteiger partial charge >= 0.3 is 6.18 Å². The summed E-state index contributed by atoms with van der Waals surface area (Å²) >= 11 is 0. The second-order valence-corrected chi connectivity index (χ2v) is 7.76. The number of nitrogens with zero attached hydrogens (tertiary/aromatic N) is 1. The molecule has 0 radical (unpaired) electrons. The highest BCUT2D eigenvalue weighted by Crippen LogP contribution is 2.43. The summed E-state index contributed by atoms with van der Waals surface area (Å²) in [4.78, 5) is 27.4. The van der Waals surface area contributed by atoms with Gasteiger partial charge in [-0.1, -0.05) is 31.2 Å². The van der Waals surface area contributed by atoms with E-state index in [1.165, 1.54) is 22.6 Å². The second-order valence-electron chi connectivity index (χ2n) is 7.76. The van der Waals surface area contributed by atoms with Gasteiger partial charge in [-0.2, -0.15) is 13.2 Å². The molecule has 0 saturated heterocycles. The molecular formula is C24H22F3NO2. The molecule has 0 spiro atoms. The first kappa shape index (κ1) is 20.4. The van der Waals surface area contributed by atoms with Gasteiger partial charge in [0.15, 0.2) is 5.78 Å². The standard InChI is InChI=1S/C24H22F3NO2/c1-2-15-6-8-16(9-7-15)19-14-22(30)28(20-4-3-5-21(29)23(19)20)18-12-10-17(11-13-18)24(25,26)27/h6-13,19H,2-5,14H2,1H3. The number of hydrogen-bond donors (Lipinski definition) is 0. The first-order chi connectivity index (χ1) is 14.3. The second kappa shape index (κ2) is 7.74. The predicted octanol–water partition coefficient (Wildman–Crippen LogP) is 5.80. The third-order valence-corrected chi connectivity index (χ3v) is 5.92. The number of hydrogen-bond acceptors (Lipinski definition) is 2. The highest BCUT2D eigenvalue weighted by atomic mass is 19.4. The van der Waals surface area contributed by atoms with Crippen LogP contribution in [0.1, 0.15) is 55.2 Å². The average Bonchev–Trinajstić information content (AvgIpc) is 2.73. The number of carbonyl (C=O) groups excluding carboxylic acids is 2. The maximum Gasteiger partial charge on any atom is 0.416 e. The van der Waals surface area contributed by atoms with E-state index in [0.717, 1.165) is 24.1 Å². The van der Waals surface area contributed by atoms with E-state index < -0.39 is 11.7 Å². The lowest BCUT2D eigenvalue weighted by atomic mass is 9.77. The van der Waals surface area contributed by atoms with Gasteiger partial charge in [-0.3, -0.25) is 14.5 Å². The monoisotopic (exact) mass is 413 g/mol. The first-order valence-electron chi connectivity index (χ1n) is 10.1. The molecule has 1 atom stereocenters. The summed E-state index contributed by atoms with van der Waals surface area (Å²) in [6, 6.07) is 12.5. The van der Waals surface area contributed by atoms with E-state index in [0.29, 0.717) is 36.2 Å². The number of carbonyl (C=O) groups is 2. The number of alkyl halides is 3. The fraction of sp³-hybridized carbons (Fsp3) is 0.333. The van der Waals surface area contributed by atoms with Crippen molar-refractivity contribution in [3.05, 3.63) is 76.5 Å². The van der Waals surface area contributed by atoms with E-state index in [1.807, 2.05) is 24.3 Å². The van der Waals surface area contributed by atoms with E-state index in [-0.39, 0.29) is 24.0 Å². The molecule has 0 bridgehead atoms. The zero-order valence-electron chi connectivity index (χ0n) is 16.6. The molecule has 0 saturated carbocycles.